The fraction of sp³-hybridized carbons (Fsp3) is 0.951. The van der Waals surface area contributed by atoms with Crippen LogP contribution >= 0.6 is 0 Å². The molecule has 0 radical (unpaired) electrons. The lowest BCUT2D eigenvalue weighted by atomic mass is 10.0. The Bertz CT molecular complexity index is 1010. The van der Waals surface area contributed by atoms with Crippen LogP contribution in [0.3, 0.4) is 0 Å². The Morgan fingerprint density at radius 2 is 0.493 bits per heavy atom. The molecule has 0 saturated carbocycles. The summed E-state index contributed by atoms with van der Waals surface area (Å²) in [5.74, 6) is 0.00640. The number of ether oxygens (including phenoxy) is 3. The van der Waals surface area contributed by atoms with Crippen molar-refractivity contribution in [2.24, 2.45) is 5.92 Å². The van der Waals surface area contributed by atoms with E-state index in [1.807, 2.05) is 0 Å². The zero-order valence-electron chi connectivity index (χ0n) is 45.9. The standard InChI is InChI=1S/C61H118O6/c1-5-7-9-11-13-15-17-19-21-22-23-24-25-29-33-37-41-45-49-53-60(63)66-56-58(55-65-59(62)52-48-44-40-36-32-28-20-18-16-14-12-10-8-6-2)67-61(64)54-50-46-42-38-34-30-26-27-31-35-39-43-47-51-57(3)4/h57-58H,5-56H2,1-4H3/t58-/m1/s1. The minimum Gasteiger partial charge on any atom is -0.462 e. The van der Waals surface area contributed by atoms with Crippen molar-refractivity contribution in [3.05, 3.63) is 0 Å². The van der Waals surface area contributed by atoms with Crippen LogP contribution in [0.15, 0.2) is 0 Å². The number of carbonyl (C=O) groups is 3. The summed E-state index contributed by atoms with van der Waals surface area (Å²) in [6.07, 6.45) is 61.0. The summed E-state index contributed by atoms with van der Waals surface area (Å²) in [5, 5.41) is 0. The minimum absolute atomic E-state index is 0.0615. The molecule has 0 spiro atoms. The number of hydrogen-bond donors (Lipinski definition) is 0. The summed E-state index contributed by atoms with van der Waals surface area (Å²) in [6, 6.07) is 0. The summed E-state index contributed by atoms with van der Waals surface area (Å²) in [6.45, 7) is 9.07. The minimum atomic E-state index is -0.762. The van der Waals surface area contributed by atoms with Gasteiger partial charge in [-0.2, -0.15) is 0 Å². The second-order valence-corrected chi connectivity index (χ2v) is 21.5. The van der Waals surface area contributed by atoms with Crippen LogP contribution in [0.2, 0.25) is 0 Å². The van der Waals surface area contributed by atoms with Crippen molar-refractivity contribution in [3.8, 4) is 0 Å². The molecule has 0 amide bonds. The van der Waals surface area contributed by atoms with Gasteiger partial charge in [-0.25, -0.2) is 0 Å². The van der Waals surface area contributed by atoms with E-state index < -0.39 is 6.10 Å². The lowest BCUT2D eigenvalue weighted by Crippen LogP contribution is -2.30. The first-order valence-corrected chi connectivity index (χ1v) is 30.4. The molecule has 0 unspecified atom stereocenters. The van der Waals surface area contributed by atoms with Crippen LogP contribution in [0.25, 0.3) is 0 Å². The maximum absolute atomic E-state index is 12.9. The topological polar surface area (TPSA) is 78.9 Å². The molecular weight excluding hydrogens is 829 g/mol. The lowest BCUT2D eigenvalue weighted by molar-refractivity contribution is -0.167. The Kier molecular flexibility index (Phi) is 54.0. The normalized spacial score (nSPS) is 12.0. The van der Waals surface area contributed by atoms with Crippen LogP contribution in [0.5, 0.6) is 0 Å². The third-order valence-corrected chi connectivity index (χ3v) is 14.0. The molecule has 0 aliphatic heterocycles. The highest BCUT2D eigenvalue weighted by Gasteiger charge is 2.19. The van der Waals surface area contributed by atoms with Gasteiger partial charge in [-0.15, -0.1) is 0 Å². The summed E-state index contributed by atoms with van der Waals surface area (Å²) in [4.78, 5) is 38.2. The van der Waals surface area contributed by atoms with Crippen LogP contribution in [-0.2, 0) is 28.6 Å². The number of unbranched alkanes of at least 4 members (excludes halogenated alkanes) is 43. The Labute approximate surface area is 418 Å². The molecule has 0 fully saturated rings. The summed E-state index contributed by atoms with van der Waals surface area (Å²) in [7, 11) is 0. The van der Waals surface area contributed by atoms with Gasteiger partial charge in [-0.05, 0) is 25.2 Å². The van der Waals surface area contributed by atoms with Crippen LogP contribution < -0.4 is 0 Å². The summed E-state index contributed by atoms with van der Waals surface area (Å²) < 4.78 is 16.9. The van der Waals surface area contributed by atoms with Crippen molar-refractivity contribution in [1.29, 1.82) is 0 Å². The Balaban J connectivity index is 4.27. The summed E-state index contributed by atoms with van der Waals surface area (Å²) >= 11 is 0. The van der Waals surface area contributed by atoms with Crippen LogP contribution in [0.4, 0.5) is 0 Å². The molecule has 0 heterocycles. The first-order chi connectivity index (χ1) is 32.9. The smallest absolute Gasteiger partial charge is 0.306 e. The predicted molar refractivity (Wildman–Crippen MR) is 289 cm³/mol. The molecule has 6 nitrogen and oxygen atoms in total. The van der Waals surface area contributed by atoms with Gasteiger partial charge < -0.3 is 14.2 Å². The quantitative estimate of drug-likeness (QED) is 0.0343. The molecule has 0 aromatic heterocycles. The number of carbonyl (C=O) groups excluding carboxylic acids is 3. The number of hydrogen-bond acceptors (Lipinski definition) is 6. The molecule has 0 aromatic carbocycles. The largest absolute Gasteiger partial charge is 0.462 e. The van der Waals surface area contributed by atoms with Gasteiger partial charge in [0.2, 0.25) is 0 Å². The highest BCUT2D eigenvalue weighted by Crippen LogP contribution is 2.18. The maximum Gasteiger partial charge on any atom is 0.306 e. The Morgan fingerprint density at radius 3 is 0.731 bits per heavy atom. The fourth-order valence-corrected chi connectivity index (χ4v) is 9.46. The van der Waals surface area contributed by atoms with E-state index in [0.717, 1.165) is 63.7 Å². The SMILES string of the molecule is CCCCCCCCCCCCCCCCCCCCCC(=O)OC[C@@H](COC(=O)CCCCCCCCCCCCCCCC)OC(=O)CCCCCCCCCCCCCCCC(C)C. The van der Waals surface area contributed by atoms with E-state index in [9.17, 15) is 14.4 Å². The van der Waals surface area contributed by atoms with Gasteiger partial charge >= 0.3 is 17.9 Å². The monoisotopic (exact) mass is 947 g/mol. The number of esters is 3. The van der Waals surface area contributed by atoms with Crippen molar-refractivity contribution in [2.45, 2.75) is 355 Å². The van der Waals surface area contributed by atoms with Crippen molar-refractivity contribution in [2.75, 3.05) is 13.2 Å². The van der Waals surface area contributed by atoms with E-state index in [-0.39, 0.29) is 31.1 Å². The molecule has 6 heteroatoms. The predicted octanol–water partition coefficient (Wildman–Crippen LogP) is 20.2. The molecule has 0 N–H and O–H groups in total. The van der Waals surface area contributed by atoms with Gasteiger partial charge in [-0.3, -0.25) is 14.4 Å². The molecule has 1 atom stereocenters. The average Bonchev–Trinajstić information content (AvgIpc) is 3.31. The summed E-state index contributed by atoms with van der Waals surface area (Å²) in [5.41, 5.74) is 0. The Hall–Kier alpha value is -1.59. The number of rotatable bonds is 56. The van der Waals surface area contributed by atoms with E-state index in [1.54, 1.807) is 0 Å². The molecule has 398 valence electrons. The van der Waals surface area contributed by atoms with E-state index in [0.29, 0.717) is 19.3 Å². The molecule has 0 rings (SSSR count). The van der Waals surface area contributed by atoms with Crippen LogP contribution in [-0.4, -0.2) is 37.2 Å². The zero-order chi connectivity index (χ0) is 48.8. The van der Waals surface area contributed by atoms with Crippen molar-refractivity contribution >= 4 is 17.9 Å². The highest BCUT2D eigenvalue weighted by atomic mass is 16.6. The van der Waals surface area contributed by atoms with Gasteiger partial charge in [0.05, 0.1) is 0 Å². The van der Waals surface area contributed by atoms with E-state index in [4.69, 9.17) is 14.2 Å². The third-order valence-electron chi connectivity index (χ3n) is 14.0. The molecule has 0 saturated heterocycles. The third kappa shape index (κ3) is 55.2. The van der Waals surface area contributed by atoms with Crippen molar-refractivity contribution < 1.29 is 28.6 Å². The second-order valence-electron chi connectivity index (χ2n) is 21.5. The molecule has 67 heavy (non-hydrogen) atoms. The molecule has 0 aliphatic carbocycles. The van der Waals surface area contributed by atoms with Gasteiger partial charge in [0.25, 0.3) is 0 Å². The highest BCUT2D eigenvalue weighted by molar-refractivity contribution is 5.71. The molecule has 0 aromatic rings. The van der Waals surface area contributed by atoms with Gasteiger partial charge in [-0.1, -0.05) is 310 Å². The van der Waals surface area contributed by atoms with Gasteiger partial charge in [0.15, 0.2) is 6.10 Å². The van der Waals surface area contributed by atoms with Gasteiger partial charge in [0, 0.05) is 19.3 Å². The molecular formula is C61H118O6. The van der Waals surface area contributed by atoms with E-state index in [1.165, 1.54) is 244 Å². The van der Waals surface area contributed by atoms with Crippen molar-refractivity contribution in [1.82, 2.24) is 0 Å². The first kappa shape index (κ1) is 65.4. The van der Waals surface area contributed by atoms with Crippen molar-refractivity contribution in [3.63, 3.8) is 0 Å². The molecule has 0 bridgehead atoms. The van der Waals surface area contributed by atoms with Crippen LogP contribution in [0, 0.1) is 5.92 Å². The van der Waals surface area contributed by atoms with Crippen LogP contribution in [0.1, 0.15) is 349 Å². The molecule has 0 aliphatic rings. The zero-order valence-corrected chi connectivity index (χ0v) is 45.9. The maximum atomic E-state index is 12.9. The van der Waals surface area contributed by atoms with E-state index >= 15 is 0 Å². The first-order valence-electron chi connectivity index (χ1n) is 30.4. The second kappa shape index (κ2) is 55.3. The van der Waals surface area contributed by atoms with Gasteiger partial charge in [0.1, 0.15) is 13.2 Å². The Morgan fingerprint density at radius 1 is 0.284 bits per heavy atom. The average molecular weight is 948 g/mol. The lowest BCUT2D eigenvalue weighted by Gasteiger charge is -2.18. The fourth-order valence-electron chi connectivity index (χ4n) is 9.46. The van der Waals surface area contributed by atoms with E-state index in [2.05, 4.69) is 27.7 Å².